The number of hydrogen-bond donors (Lipinski definition) is 1. The van der Waals surface area contributed by atoms with Crippen LogP contribution in [0.4, 0.5) is 5.69 Å². The van der Waals surface area contributed by atoms with Crippen molar-refractivity contribution >= 4 is 23.5 Å². The standard InChI is InChI=1S/C32H44N2O6/c1-9-11-15-39-30(38)26-25-28(36)34(24(18-35)19(3)4)27(32(25)17-22(7)31(26,8)40-32)29(37)33(14-10-2)23-16-20(5)12-13-21(23)6/h9-10,12-13,16,19,22,24-27,35H,1-2,11,14-15,17-18H2,3-8H3/t22?,24-,25-,26+,27?,31-,32?/m0/s1. The summed E-state index contributed by atoms with van der Waals surface area (Å²) in [4.78, 5) is 46.0. The zero-order chi connectivity index (χ0) is 29.6. The summed E-state index contributed by atoms with van der Waals surface area (Å²) < 4.78 is 12.4. The van der Waals surface area contributed by atoms with Crippen LogP contribution in [0.2, 0.25) is 0 Å². The molecule has 0 aliphatic carbocycles. The zero-order valence-corrected chi connectivity index (χ0v) is 24.7. The van der Waals surface area contributed by atoms with Gasteiger partial charge >= 0.3 is 5.97 Å². The lowest BCUT2D eigenvalue weighted by Gasteiger charge is -2.41. The smallest absolute Gasteiger partial charge is 0.312 e. The average molecular weight is 553 g/mol. The summed E-state index contributed by atoms with van der Waals surface area (Å²) in [7, 11) is 0. The van der Waals surface area contributed by atoms with Crippen molar-refractivity contribution in [2.75, 3.05) is 24.7 Å². The van der Waals surface area contributed by atoms with Crippen LogP contribution in [0.1, 0.15) is 51.7 Å². The van der Waals surface area contributed by atoms with Crippen LogP contribution in [0, 0.1) is 37.5 Å². The predicted octanol–water partition coefficient (Wildman–Crippen LogP) is 3.97. The summed E-state index contributed by atoms with van der Waals surface area (Å²) in [5.41, 5.74) is 0.438. The minimum Gasteiger partial charge on any atom is -0.465 e. The molecule has 0 radical (unpaired) electrons. The van der Waals surface area contributed by atoms with E-state index in [9.17, 15) is 19.5 Å². The molecule has 2 bridgehead atoms. The Bertz CT molecular complexity index is 1200. The summed E-state index contributed by atoms with van der Waals surface area (Å²) in [5.74, 6) is -3.15. The van der Waals surface area contributed by atoms with E-state index in [1.54, 1.807) is 17.1 Å². The number of aliphatic hydroxyl groups excluding tert-OH is 1. The van der Waals surface area contributed by atoms with Crippen LogP contribution < -0.4 is 4.90 Å². The Balaban J connectivity index is 1.88. The first kappa shape index (κ1) is 30.0. The number of carbonyl (C=O) groups excluding carboxylic acids is 3. The van der Waals surface area contributed by atoms with Crippen LogP contribution in [0.15, 0.2) is 43.5 Å². The molecule has 1 aromatic rings. The molecule has 1 N–H and O–H groups in total. The average Bonchev–Trinajstić information content (AvgIpc) is 3.41. The monoisotopic (exact) mass is 552 g/mol. The lowest BCUT2D eigenvalue weighted by Crippen LogP contribution is -2.60. The number of aryl methyl sites for hydroxylation is 2. The van der Waals surface area contributed by atoms with Gasteiger partial charge in [-0.3, -0.25) is 14.4 Å². The van der Waals surface area contributed by atoms with E-state index in [-0.39, 0.29) is 43.4 Å². The van der Waals surface area contributed by atoms with Crippen molar-refractivity contribution in [2.24, 2.45) is 23.7 Å². The second-order valence-electron chi connectivity index (χ2n) is 12.2. The molecule has 3 heterocycles. The van der Waals surface area contributed by atoms with Crippen molar-refractivity contribution in [1.82, 2.24) is 4.90 Å². The maximum absolute atomic E-state index is 14.8. The largest absolute Gasteiger partial charge is 0.465 e. The van der Waals surface area contributed by atoms with Gasteiger partial charge in [-0.05, 0) is 62.6 Å². The topological polar surface area (TPSA) is 96.4 Å². The maximum atomic E-state index is 14.8. The van der Waals surface area contributed by atoms with E-state index in [0.717, 1.165) is 16.8 Å². The van der Waals surface area contributed by atoms with E-state index in [1.165, 1.54) is 4.90 Å². The number of ether oxygens (including phenoxy) is 2. The molecule has 218 valence electrons. The van der Waals surface area contributed by atoms with E-state index >= 15 is 0 Å². The Morgan fingerprint density at radius 2 is 1.98 bits per heavy atom. The molecule has 8 heteroatoms. The fraction of sp³-hybridized carbons (Fsp3) is 0.594. The summed E-state index contributed by atoms with van der Waals surface area (Å²) >= 11 is 0. The summed E-state index contributed by atoms with van der Waals surface area (Å²) in [5, 5.41) is 10.5. The van der Waals surface area contributed by atoms with Crippen molar-refractivity contribution in [3.63, 3.8) is 0 Å². The Morgan fingerprint density at radius 3 is 2.58 bits per heavy atom. The van der Waals surface area contributed by atoms with E-state index < -0.39 is 41.1 Å². The van der Waals surface area contributed by atoms with Crippen molar-refractivity contribution in [2.45, 2.75) is 77.7 Å². The number of fused-ring (bicyclic) bond motifs is 1. The Kier molecular flexibility index (Phi) is 8.35. The van der Waals surface area contributed by atoms with Crippen molar-refractivity contribution in [1.29, 1.82) is 0 Å². The first-order chi connectivity index (χ1) is 18.9. The fourth-order valence-corrected chi connectivity index (χ4v) is 7.22. The fourth-order valence-electron chi connectivity index (χ4n) is 7.22. The molecule has 1 aromatic carbocycles. The van der Waals surface area contributed by atoms with Crippen LogP contribution in [-0.2, 0) is 23.9 Å². The van der Waals surface area contributed by atoms with Gasteiger partial charge in [-0.25, -0.2) is 0 Å². The lowest BCUT2D eigenvalue weighted by molar-refractivity contribution is -0.162. The Morgan fingerprint density at radius 1 is 1.27 bits per heavy atom. The number of esters is 1. The number of anilines is 1. The quantitative estimate of drug-likeness (QED) is 0.254. The third kappa shape index (κ3) is 4.49. The van der Waals surface area contributed by atoms with Gasteiger partial charge in [0.05, 0.1) is 30.8 Å². The second kappa shape index (κ2) is 11.1. The van der Waals surface area contributed by atoms with Crippen LogP contribution in [0.25, 0.3) is 0 Å². The number of rotatable bonds is 11. The number of likely N-dealkylation sites (tertiary alicyclic amines) is 1. The normalized spacial score (nSPS) is 31.3. The van der Waals surface area contributed by atoms with Gasteiger partial charge in [0.15, 0.2) is 0 Å². The molecule has 40 heavy (non-hydrogen) atoms. The number of carbonyl (C=O) groups is 3. The van der Waals surface area contributed by atoms with Gasteiger partial charge in [0.1, 0.15) is 17.6 Å². The first-order valence-corrected chi connectivity index (χ1v) is 14.3. The molecular formula is C32H44N2O6. The highest BCUT2D eigenvalue weighted by Gasteiger charge is 2.81. The number of benzene rings is 1. The molecule has 0 aromatic heterocycles. The highest BCUT2D eigenvalue weighted by molar-refractivity contribution is 6.05. The Labute approximate surface area is 238 Å². The minimum atomic E-state index is -1.23. The van der Waals surface area contributed by atoms with Crippen LogP contribution in [-0.4, -0.2) is 70.8 Å². The predicted molar refractivity (Wildman–Crippen MR) is 154 cm³/mol. The molecule has 0 saturated carbocycles. The van der Waals surface area contributed by atoms with Crippen molar-refractivity contribution < 1.29 is 29.0 Å². The van der Waals surface area contributed by atoms with E-state index in [0.29, 0.717) is 12.8 Å². The van der Waals surface area contributed by atoms with E-state index in [4.69, 9.17) is 9.47 Å². The van der Waals surface area contributed by atoms with Gasteiger partial charge < -0.3 is 24.4 Å². The minimum absolute atomic E-state index is 0.107. The summed E-state index contributed by atoms with van der Waals surface area (Å²) in [6, 6.07) is 4.25. The molecule has 3 unspecified atom stereocenters. The lowest BCUT2D eigenvalue weighted by atomic mass is 9.62. The highest BCUT2D eigenvalue weighted by atomic mass is 16.6. The van der Waals surface area contributed by atoms with Crippen molar-refractivity contribution in [3.8, 4) is 0 Å². The van der Waals surface area contributed by atoms with Gasteiger partial charge in [0.25, 0.3) is 5.91 Å². The number of hydrogen-bond acceptors (Lipinski definition) is 6. The van der Waals surface area contributed by atoms with Gasteiger partial charge in [-0.2, -0.15) is 0 Å². The molecular weight excluding hydrogens is 508 g/mol. The highest BCUT2D eigenvalue weighted by Crippen LogP contribution is 2.66. The molecule has 3 aliphatic heterocycles. The van der Waals surface area contributed by atoms with E-state index in [2.05, 4.69) is 13.2 Å². The van der Waals surface area contributed by atoms with Crippen LogP contribution in [0.5, 0.6) is 0 Å². The molecule has 3 aliphatic rings. The molecule has 7 atom stereocenters. The van der Waals surface area contributed by atoms with Gasteiger partial charge in [0, 0.05) is 12.2 Å². The third-order valence-electron chi connectivity index (χ3n) is 9.35. The van der Waals surface area contributed by atoms with E-state index in [1.807, 2.05) is 59.7 Å². The van der Waals surface area contributed by atoms with Crippen LogP contribution >= 0.6 is 0 Å². The number of nitrogens with zero attached hydrogens (tertiary/aromatic N) is 2. The van der Waals surface area contributed by atoms with Gasteiger partial charge in [-0.15, -0.1) is 13.2 Å². The molecule has 2 amide bonds. The summed E-state index contributed by atoms with van der Waals surface area (Å²) in [6.45, 7) is 19.3. The molecule has 4 rings (SSSR count). The maximum Gasteiger partial charge on any atom is 0.312 e. The van der Waals surface area contributed by atoms with Crippen molar-refractivity contribution in [3.05, 3.63) is 54.6 Å². The zero-order valence-electron chi connectivity index (χ0n) is 24.7. The number of amides is 2. The molecule has 3 fully saturated rings. The number of aliphatic hydroxyl groups is 1. The Hall–Kier alpha value is -2.97. The first-order valence-electron chi connectivity index (χ1n) is 14.3. The van der Waals surface area contributed by atoms with Gasteiger partial charge in [0.2, 0.25) is 5.91 Å². The molecule has 1 spiro atoms. The second-order valence-corrected chi connectivity index (χ2v) is 12.2. The summed E-state index contributed by atoms with van der Waals surface area (Å²) in [6.07, 6.45) is 4.27. The SMILES string of the molecule is C=CCCOC(=O)[C@H]1[C@H]2C(=O)N([C@@H](CO)C(C)C)C(C(=O)N(CC=C)c3cc(C)ccc3C)C23CC(C)[C@]1(C)O3. The molecule has 3 saturated heterocycles. The van der Waals surface area contributed by atoms with Crippen LogP contribution in [0.3, 0.4) is 0 Å². The third-order valence-corrected chi connectivity index (χ3v) is 9.35. The molecule has 8 nitrogen and oxygen atoms in total. The van der Waals surface area contributed by atoms with Gasteiger partial charge in [-0.1, -0.05) is 45.1 Å².